The summed E-state index contributed by atoms with van der Waals surface area (Å²) in [5.74, 6) is 1.97. The topological polar surface area (TPSA) is 21.3 Å². The highest BCUT2D eigenvalue weighted by Crippen LogP contribution is 2.35. The van der Waals surface area contributed by atoms with Crippen molar-refractivity contribution >= 4 is 0 Å². The Hall–Kier alpha value is -0.0800. The highest BCUT2D eigenvalue weighted by Gasteiger charge is 2.31. The van der Waals surface area contributed by atoms with Crippen molar-refractivity contribution in [2.45, 2.75) is 38.1 Å². The second-order valence-electron chi connectivity index (χ2n) is 4.60. The molecule has 1 saturated carbocycles. The van der Waals surface area contributed by atoms with Gasteiger partial charge in [-0.15, -0.1) is 0 Å². The molecule has 0 aromatic carbocycles. The zero-order valence-electron chi connectivity index (χ0n) is 8.59. The normalized spacial score (nSPS) is 35.8. The molecule has 0 aromatic rings. The van der Waals surface area contributed by atoms with Crippen LogP contribution in [0.4, 0.5) is 0 Å². The van der Waals surface area contributed by atoms with Gasteiger partial charge in [0.15, 0.2) is 0 Å². The van der Waals surface area contributed by atoms with E-state index in [4.69, 9.17) is 4.74 Å². The fourth-order valence-corrected chi connectivity index (χ4v) is 2.97. The van der Waals surface area contributed by atoms with Crippen LogP contribution < -0.4 is 5.32 Å². The molecule has 0 amide bonds. The number of hydrogen-bond donors (Lipinski definition) is 1. The summed E-state index contributed by atoms with van der Waals surface area (Å²) in [7, 11) is 1.80. The Morgan fingerprint density at radius 1 is 1.23 bits per heavy atom. The average Bonchev–Trinajstić information content (AvgIpc) is 2.70. The van der Waals surface area contributed by atoms with Crippen molar-refractivity contribution in [3.05, 3.63) is 0 Å². The van der Waals surface area contributed by atoms with Crippen molar-refractivity contribution in [2.24, 2.45) is 11.8 Å². The van der Waals surface area contributed by atoms with Crippen LogP contribution in [0.3, 0.4) is 0 Å². The molecule has 2 aliphatic rings. The van der Waals surface area contributed by atoms with Crippen molar-refractivity contribution in [2.75, 3.05) is 20.3 Å². The Kier molecular flexibility index (Phi) is 3.23. The van der Waals surface area contributed by atoms with Gasteiger partial charge in [0.25, 0.3) is 0 Å². The van der Waals surface area contributed by atoms with E-state index in [0.29, 0.717) is 6.04 Å². The number of methoxy groups -OCH3 is 1. The molecule has 2 fully saturated rings. The van der Waals surface area contributed by atoms with E-state index in [2.05, 4.69) is 5.32 Å². The summed E-state index contributed by atoms with van der Waals surface area (Å²) in [6.45, 7) is 2.13. The maximum Gasteiger partial charge on any atom is 0.0615 e. The summed E-state index contributed by atoms with van der Waals surface area (Å²) in [5.41, 5.74) is 0. The van der Waals surface area contributed by atoms with Crippen LogP contribution >= 0.6 is 0 Å². The van der Waals surface area contributed by atoms with Gasteiger partial charge in [-0.3, -0.25) is 0 Å². The summed E-state index contributed by atoms with van der Waals surface area (Å²) in [4.78, 5) is 0. The van der Waals surface area contributed by atoms with Gasteiger partial charge in [0, 0.05) is 13.2 Å². The molecular weight excluding hydrogens is 162 g/mol. The fourth-order valence-electron chi connectivity index (χ4n) is 2.97. The van der Waals surface area contributed by atoms with E-state index in [9.17, 15) is 0 Å². The van der Waals surface area contributed by atoms with E-state index in [1.165, 1.54) is 38.6 Å². The number of nitrogens with one attached hydrogen (secondary N) is 1. The standard InChI is InChI=1S/C11H21NO/c1-13-8-11-6-10(7-12-11)9-4-2-3-5-9/h9-12H,2-8H2,1H3. The molecular formula is C11H21NO. The molecule has 2 unspecified atom stereocenters. The van der Waals surface area contributed by atoms with Crippen LogP contribution in [0.1, 0.15) is 32.1 Å². The molecule has 1 aliphatic heterocycles. The van der Waals surface area contributed by atoms with E-state index in [-0.39, 0.29) is 0 Å². The Morgan fingerprint density at radius 2 is 2.00 bits per heavy atom. The molecule has 1 N–H and O–H groups in total. The summed E-state index contributed by atoms with van der Waals surface area (Å²) in [5, 5.41) is 3.56. The molecule has 1 saturated heterocycles. The second kappa shape index (κ2) is 4.43. The van der Waals surface area contributed by atoms with Gasteiger partial charge in [-0.1, -0.05) is 25.7 Å². The lowest BCUT2D eigenvalue weighted by molar-refractivity contribution is 0.170. The van der Waals surface area contributed by atoms with Crippen LogP contribution in [0.5, 0.6) is 0 Å². The SMILES string of the molecule is COCC1CC(C2CCCC2)CN1. The maximum atomic E-state index is 5.17. The summed E-state index contributed by atoms with van der Waals surface area (Å²) in [6.07, 6.45) is 7.24. The predicted octanol–water partition coefficient (Wildman–Crippen LogP) is 1.80. The van der Waals surface area contributed by atoms with Gasteiger partial charge < -0.3 is 10.1 Å². The predicted molar refractivity (Wildman–Crippen MR) is 53.7 cm³/mol. The van der Waals surface area contributed by atoms with Crippen molar-refractivity contribution in [3.63, 3.8) is 0 Å². The van der Waals surface area contributed by atoms with Crippen LogP contribution in [0, 0.1) is 11.8 Å². The fraction of sp³-hybridized carbons (Fsp3) is 1.00. The van der Waals surface area contributed by atoms with E-state index in [1.807, 2.05) is 0 Å². The Morgan fingerprint density at radius 3 is 2.69 bits per heavy atom. The van der Waals surface area contributed by atoms with Gasteiger partial charge in [-0.2, -0.15) is 0 Å². The maximum absolute atomic E-state index is 5.17. The van der Waals surface area contributed by atoms with Gasteiger partial charge in [-0.05, 0) is 24.8 Å². The molecule has 0 aromatic heterocycles. The molecule has 2 nitrogen and oxygen atoms in total. The first kappa shape index (κ1) is 9.47. The molecule has 2 rings (SSSR count). The van der Waals surface area contributed by atoms with Crippen LogP contribution in [0.2, 0.25) is 0 Å². The lowest BCUT2D eigenvalue weighted by Crippen LogP contribution is -2.25. The van der Waals surface area contributed by atoms with E-state index in [1.54, 1.807) is 7.11 Å². The number of hydrogen-bond acceptors (Lipinski definition) is 2. The minimum Gasteiger partial charge on any atom is -0.383 e. The monoisotopic (exact) mass is 183 g/mol. The molecule has 13 heavy (non-hydrogen) atoms. The summed E-state index contributed by atoms with van der Waals surface area (Å²) in [6, 6.07) is 0.635. The molecule has 2 atom stereocenters. The zero-order chi connectivity index (χ0) is 9.10. The molecule has 76 valence electrons. The smallest absolute Gasteiger partial charge is 0.0615 e. The zero-order valence-corrected chi connectivity index (χ0v) is 8.59. The molecule has 1 heterocycles. The van der Waals surface area contributed by atoms with E-state index < -0.39 is 0 Å². The third kappa shape index (κ3) is 2.23. The molecule has 1 aliphatic carbocycles. The first-order chi connectivity index (χ1) is 6.40. The number of rotatable bonds is 3. The largest absolute Gasteiger partial charge is 0.383 e. The third-order valence-corrected chi connectivity index (χ3v) is 3.69. The average molecular weight is 183 g/mol. The van der Waals surface area contributed by atoms with Crippen molar-refractivity contribution in [1.29, 1.82) is 0 Å². The quantitative estimate of drug-likeness (QED) is 0.720. The minimum absolute atomic E-state index is 0.635. The van der Waals surface area contributed by atoms with E-state index >= 15 is 0 Å². The lowest BCUT2D eigenvalue weighted by Gasteiger charge is -2.16. The number of ether oxygens (including phenoxy) is 1. The van der Waals surface area contributed by atoms with Crippen molar-refractivity contribution in [1.82, 2.24) is 5.32 Å². The molecule has 2 heteroatoms. The second-order valence-corrected chi connectivity index (χ2v) is 4.60. The van der Waals surface area contributed by atoms with Crippen LogP contribution in [-0.4, -0.2) is 26.3 Å². The molecule has 0 bridgehead atoms. The molecule has 0 spiro atoms. The minimum atomic E-state index is 0.635. The summed E-state index contributed by atoms with van der Waals surface area (Å²) >= 11 is 0. The first-order valence-electron chi connectivity index (χ1n) is 5.62. The highest BCUT2D eigenvalue weighted by atomic mass is 16.5. The van der Waals surface area contributed by atoms with Gasteiger partial charge in [0.05, 0.1) is 6.61 Å². The van der Waals surface area contributed by atoms with Gasteiger partial charge >= 0.3 is 0 Å². The van der Waals surface area contributed by atoms with Crippen molar-refractivity contribution < 1.29 is 4.74 Å². The van der Waals surface area contributed by atoms with Gasteiger partial charge in [0.2, 0.25) is 0 Å². The van der Waals surface area contributed by atoms with E-state index in [0.717, 1.165) is 18.4 Å². The highest BCUT2D eigenvalue weighted by molar-refractivity contribution is 4.87. The van der Waals surface area contributed by atoms with Gasteiger partial charge in [0.1, 0.15) is 0 Å². The first-order valence-corrected chi connectivity index (χ1v) is 5.62. The lowest BCUT2D eigenvalue weighted by atomic mass is 9.89. The Bertz CT molecular complexity index is 154. The Labute approximate surface area is 81.0 Å². The van der Waals surface area contributed by atoms with Crippen molar-refractivity contribution in [3.8, 4) is 0 Å². The van der Waals surface area contributed by atoms with Gasteiger partial charge in [-0.25, -0.2) is 0 Å². The summed E-state index contributed by atoms with van der Waals surface area (Å²) < 4.78 is 5.17. The third-order valence-electron chi connectivity index (χ3n) is 3.69. The van der Waals surface area contributed by atoms with Crippen LogP contribution in [0.25, 0.3) is 0 Å². The van der Waals surface area contributed by atoms with Crippen LogP contribution in [0.15, 0.2) is 0 Å². The van der Waals surface area contributed by atoms with Crippen LogP contribution in [-0.2, 0) is 4.74 Å². The Balaban J connectivity index is 1.76. The molecule has 0 radical (unpaired) electrons.